The van der Waals surface area contributed by atoms with Gasteiger partial charge in [0.15, 0.2) is 0 Å². The topological polar surface area (TPSA) is 74.3 Å². The Morgan fingerprint density at radius 3 is 2.76 bits per heavy atom. The molecule has 0 aromatic carbocycles. The molecule has 1 aliphatic heterocycles. The van der Waals surface area contributed by atoms with E-state index in [0.29, 0.717) is 12.6 Å². The van der Waals surface area contributed by atoms with Gasteiger partial charge >= 0.3 is 6.03 Å². The fraction of sp³-hybridized carbons (Fsp3) is 0.632. The van der Waals surface area contributed by atoms with Gasteiger partial charge in [0, 0.05) is 49.4 Å². The predicted molar refractivity (Wildman–Crippen MR) is 93.6 cm³/mol. The van der Waals surface area contributed by atoms with E-state index in [9.17, 15) is 9.59 Å². The molecule has 2 saturated carbocycles. The Labute approximate surface area is 148 Å². The first-order valence-corrected chi connectivity index (χ1v) is 9.38. The van der Waals surface area contributed by atoms with Gasteiger partial charge in [0.25, 0.3) is 0 Å². The number of rotatable bonds is 4. The van der Waals surface area contributed by atoms with E-state index in [-0.39, 0.29) is 23.3 Å². The van der Waals surface area contributed by atoms with Crippen molar-refractivity contribution in [2.75, 3.05) is 13.1 Å². The maximum Gasteiger partial charge on any atom is 0.317 e. The number of nitrogens with zero attached hydrogens (tertiary/aromatic N) is 2. The van der Waals surface area contributed by atoms with Crippen LogP contribution in [-0.2, 0) is 11.3 Å². The molecule has 6 nitrogen and oxygen atoms in total. The summed E-state index contributed by atoms with van der Waals surface area (Å²) in [5.74, 6) is 0.175. The Bertz CT molecular complexity index is 644. The van der Waals surface area contributed by atoms with E-state index >= 15 is 0 Å². The molecule has 3 aliphatic rings. The molecular formula is C19H26N4O2. The fourth-order valence-electron chi connectivity index (χ4n) is 4.39. The zero-order chi connectivity index (χ0) is 17.3. The monoisotopic (exact) mass is 342 g/mol. The SMILES string of the molecule is O=C(NCc1ccncc1)[C@H]1C[C@@]12CCN(C(=O)NC1CCCC1)C2. The zero-order valence-electron chi connectivity index (χ0n) is 14.5. The molecule has 1 aromatic rings. The average molecular weight is 342 g/mol. The summed E-state index contributed by atoms with van der Waals surface area (Å²) in [6.07, 6.45) is 9.95. The molecule has 0 radical (unpaired) electrons. The molecule has 1 aromatic heterocycles. The highest BCUT2D eigenvalue weighted by atomic mass is 16.2. The minimum atomic E-state index is 0.0232. The van der Waals surface area contributed by atoms with Gasteiger partial charge in [-0.05, 0) is 43.4 Å². The number of nitrogens with one attached hydrogen (secondary N) is 2. The summed E-state index contributed by atoms with van der Waals surface area (Å²) in [5.41, 5.74) is 1.08. The lowest BCUT2D eigenvalue weighted by Gasteiger charge is -2.20. The zero-order valence-corrected chi connectivity index (χ0v) is 14.5. The van der Waals surface area contributed by atoms with Gasteiger partial charge < -0.3 is 15.5 Å². The Morgan fingerprint density at radius 2 is 2.00 bits per heavy atom. The number of urea groups is 1. The average Bonchev–Trinajstić information content (AvgIpc) is 2.96. The van der Waals surface area contributed by atoms with Crippen LogP contribution >= 0.6 is 0 Å². The summed E-state index contributed by atoms with van der Waals surface area (Å²) in [6.45, 7) is 2.03. The lowest BCUT2D eigenvalue weighted by molar-refractivity contribution is -0.123. The van der Waals surface area contributed by atoms with Crippen molar-refractivity contribution in [3.05, 3.63) is 30.1 Å². The lowest BCUT2D eigenvalue weighted by Crippen LogP contribution is -2.43. The number of likely N-dealkylation sites (tertiary alicyclic amines) is 1. The summed E-state index contributed by atoms with van der Waals surface area (Å²) in [4.78, 5) is 30.8. The van der Waals surface area contributed by atoms with Crippen molar-refractivity contribution < 1.29 is 9.59 Å². The molecule has 3 amide bonds. The summed E-state index contributed by atoms with van der Waals surface area (Å²) in [5, 5.41) is 6.19. The van der Waals surface area contributed by atoms with Crippen LogP contribution in [-0.4, -0.2) is 41.0 Å². The molecule has 134 valence electrons. The fourth-order valence-corrected chi connectivity index (χ4v) is 4.39. The molecule has 3 fully saturated rings. The number of hydrogen-bond acceptors (Lipinski definition) is 3. The highest BCUT2D eigenvalue weighted by Crippen LogP contribution is 2.58. The number of pyridine rings is 1. The molecule has 2 atom stereocenters. The summed E-state index contributed by atoms with van der Waals surface area (Å²) in [6, 6.07) is 4.23. The minimum absolute atomic E-state index is 0.0232. The van der Waals surface area contributed by atoms with Crippen molar-refractivity contribution in [3.8, 4) is 0 Å². The molecule has 2 N–H and O–H groups in total. The smallest absolute Gasteiger partial charge is 0.317 e. The van der Waals surface area contributed by atoms with Crippen LogP contribution in [0.2, 0.25) is 0 Å². The lowest BCUT2D eigenvalue weighted by atomic mass is 10.0. The second-order valence-electron chi connectivity index (χ2n) is 7.79. The third-order valence-electron chi connectivity index (χ3n) is 6.08. The van der Waals surface area contributed by atoms with E-state index < -0.39 is 0 Å². The molecule has 2 heterocycles. The van der Waals surface area contributed by atoms with Crippen molar-refractivity contribution in [1.29, 1.82) is 0 Å². The largest absolute Gasteiger partial charge is 0.352 e. The van der Waals surface area contributed by atoms with E-state index in [0.717, 1.165) is 44.3 Å². The third kappa shape index (κ3) is 3.48. The molecule has 6 heteroatoms. The number of carbonyl (C=O) groups excluding carboxylic acids is 2. The van der Waals surface area contributed by atoms with Crippen LogP contribution in [0.15, 0.2) is 24.5 Å². The minimum Gasteiger partial charge on any atom is -0.352 e. The van der Waals surface area contributed by atoms with E-state index in [1.807, 2.05) is 17.0 Å². The summed E-state index contributed by atoms with van der Waals surface area (Å²) < 4.78 is 0. The summed E-state index contributed by atoms with van der Waals surface area (Å²) >= 11 is 0. The molecular weight excluding hydrogens is 316 g/mol. The Morgan fingerprint density at radius 1 is 1.24 bits per heavy atom. The van der Waals surface area contributed by atoms with Gasteiger partial charge in [0.2, 0.25) is 5.91 Å². The highest BCUT2D eigenvalue weighted by Gasteiger charge is 2.61. The van der Waals surface area contributed by atoms with Crippen LogP contribution in [0, 0.1) is 11.3 Å². The molecule has 2 aliphatic carbocycles. The number of amides is 3. The van der Waals surface area contributed by atoms with Crippen molar-refractivity contribution in [3.63, 3.8) is 0 Å². The van der Waals surface area contributed by atoms with E-state index in [1.54, 1.807) is 12.4 Å². The van der Waals surface area contributed by atoms with Gasteiger partial charge in [-0.2, -0.15) is 0 Å². The van der Waals surface area contributed by atoms with Crippen molar-refractivity contribution in [2.45, 2.75) is 51.1 Å². The first-order chi connectivity index (χ1) is 12.2. The van der Waals surface area contributed by atoms with Crippen LogP contribution in [0.4, 0.5) is 4.79 Å². The van der Waals surface area contributed by atoms with Crippen LogP contribution in [0.3, 0.4) is 0 Å². The van der Waals surface area contributed by atoms with Gasteiger partial charge in [0.05, 0.1) is 0 Å². The molecule has 1 saturated heterocycles. The highest BCUT2D eigenvalue weighted by molar-refractivity contribution is 5.83. The first-order valence-electron chi connectivity index (χ1n) is 9.38. The number of hydrogen-bond donors (Lipinski definition) is 2. The Kier molecular flexibility index (Phi) is 4.36. The van der Waals surface area contributed by atoms with Gasteiger partial charge in [-0.3, -0.25) is 9.78 Å². The molecule has 0 bridgehead atoms. The first kappa shape index (κ1) is 16.4. The van der Waals surface area contributed by atoms with Crippen LogP contribution in [0.5, 0.6) is 0 Å². The van der Waals surface area contributed by atoms with Crippen LogP contribution in [0.1, 0.15) is 44.1 Å². The second-order valence-corrected chi connectivity index (χ2v) is 7.79. The molecule has 4 rings (SSSR count). The molecule has 0 unspecified atom stereocenters. The van der Waals surface area contributed by atoms with Crippen LogP contribution < -0.4 is 10.6 Å². The second kappa shape index (κ2) is 6.65. The Hall–Kier alpha value is -2.11. The van der Waals surface area contributed by atoms with E-state index in [2.05, 4.69) is 15.6 Å². The van der Waals surface area contributed by atoms with Gasteiger partial charge in [-0.1, -0.05) is 12.8 Å². The van der Waals surface area contributed by atoms with Crippen molar-refractivity contribution in [2.24, 2.45) is 11.3 Å². The van der Waals surface area contributed by atoms with Gasteiger partial charge in [-0.15, -0.1) is 0 Å². The summed E-state index contributed by atoms with van der Waals surface area (Å²) in [7, 11) is 0. The number of aromatic nitrogens is 1. The van der Waals surface area contributed by atoms with E-state index in [1.165, 1.54) is 12.8 Å². The van der Waals surface area contributed by atoms with Crippen molar-refractivity contribution >= 4 is 11.9 Å². The number of carbonyl (C=O) groups is 2. The normalized spacial score (nSPS) is 28.3. The van der Waals surface area contributed by atoms with E-state index in [4.69, 9.17) is 0 Å². The predicted octanol–water partition coefficient (Wildman–Crippen LogP) is 2.06. The van der Waals surface area contributed by atoms with Gasteiger partial charge in [0.1, 0.15) is 0 Å². The van der Waals surface area contributed by atoms with Gasteiger partial charge in [-0.25, -0.2) is 4.79 Å². The van der Waals surface area contributed by atoms with Crippen molar-refractivity contribution in [1.82, 2.24) is 20.5 Å². The third-order valence-corrected chi connectivity index (χ3v) is 6.08. The molecule has 25 heavy (non-hydrogen) atoms. The quantitative estimate of drug-likeness (QED) is 0.879. The standard InChI is InChI=1S/C19H26N4O2/c24-17(21-12-14-5-8-20-9-6-14)16-11-19(16)7-10-23(13-19)18(25)22-15-3-1-2-4-15/h5-6,8-9,15-16H,1-4,7,10-13H2,(H,21,24)(H,22,25)/t16-,19-/m1/s1. The maximum absolute atomic E-state index is 12.4. The maximum atomic E-state index is 12.4. The Balaban J connectivity index is 1.25. The molecule has 1 spiro atoms. The van der Waals surface area contributed by atoms with Crippen LogP contribution in [0.25, 0.3) is 0 Å².